The zero-order valence-electron chi connectivity index (χ0n) is 19.7. The van der Waals surface area contributed by atoms with Crippen LogP contribution in [-0.4, -0.2) is 19.0 Å². The predicted molar refractivity (Wildman–Crippen MR) is 149 cm³/mol. The van der Waals surface area contributed by atoms with Gasteiger partial charge >= 0.3 is 5.97 Å². The molecule has 5 nitrogen and oxygen atoms in total. The van der Waals surface area contributed by atoms with Crippen molar-refractivity contribution in [1.29, 1.82) is 0 Å². The maximum Gasteiger partial charge on any atom is 0.337 e. The predicted octanol–water partition coefficient (Wildman–Crippen LogP) is 7.12. The summed E-state index contributed by atoms with van der Waals surface area (Å²) in [6.45, 7) is 2.01. The van der Waals surface area contributed by atoms with Crippen LogP contribution in [0.3, 0.4) is 0 Å². The summed E-state index contributed by atoms with van der Waals surface area (Å²) in [5, 5.41) is 0. The van der Waals surface area contributed by atoms with Crippen LogP contribution in [0, 0.1) is 10.5 Å². The lowest BCUT2D eigenvalue weighted by Crippen LogP contribution is -2.25. The summed E-state index contributed by atoms with van der Waals surface area (Å²) < 4.78 is 11.9. The second-order valence-corrected chi connectivity index (χ2v) is 9.58. The molecular weight excluding hydrogens is 565 g/mol. The first-order valence-electron chi connectivity index (χ1n) is 11.3. The number of rotatable bonds is 5. The van der Waals surface area contributed by atoms with Gasteiger partial charge in [-0.25, -0.2) is 4.79 Å². The summed E-state index contributed by atoms with van der Waals surface area (Å²) in [5.74, 6) is 0.704. The highest BCUT2D eigenvalue weighted by atomic mass is 127. The Bertz CT molecular complexity index is 1510. The second-order valence-electron chi connectivity index (χ2n) is 8.34. The molecular formula is C30H22INO4. The topological polar surface area (TPSA) is 59.8 Å². The summed E-state index contributed by atoms with van der Waals surface area (Å²) in [7, 11) is 1.35. The number of benzene rings is 3. The Labute approximate surface area is 222 Å². The molecule has 0 atom stereocenters. The maximum atomic E-state index is 13.7. The Morgan fingerprint density at radius 1 is 0.944 bits per heavy atom. The highest BCUT2D eigenvalue weighted by Gasteiger charge is 2.31. The van der Waals surface area contributed by atoms with E-state index >= 15 is 0 Å². The van der Waals surface area contributed by atoms with E-state index in [1.54, 1.807) is 35.2 Å². The number of methoxy groups -OCH3 is 1. The van der Waals surface area contributed by atoms with E-state index in [9.17, 15) is 9.59 Å². The molecule has 0 N–H and O–H groups in total. The number of anilines is 1. The molecule has 3 aromatic carbocycles. The molecule has 178 valence electrons. The molecule has 0 spiro atoms. The monoisotopic (exact) mass is 587 g/mol. The molecule has 0 bridgehead atoms. The molecule has 4 aromatic rings. The lowest BCUT2D eigenvalue weighted by atomic mass is 10.1. The van der Waals surface area contributed by atoms with Gasteiger partial charge in [0.25, 0.3) is 5.91 Å². The number of hydrogen-bond donors (Lipinski definition) is 0. The Kier molecular flexibility index (Phi) is 6.61. The highest BCUT2D eigenvalue weighted by molar-refractivity contribution is 14.1. The number of furan rings is 1. The Balaban J connectivity index is 1.50. The Morgan fingerprint density at radius 3 is 2.39 bits per heavy atom. The molecule has 0 saturated carbocycles. The Morgan fingerprint density at radius 2 is 1.69 bits per heavy atom. The van der Waals surface area contributed by atoms with Crippen molar-refractivity contribution in [2.24, 2.45) is 0 Å². The van der Waals surface area contributed by atoms with Crippen LogP contribution in [0.1, 0.15) is 27.2 Å². The van der Waals surface area contributed by atoms with Gasteiger partial charge in [-0.2, -0.15) is 0 Å². The smallest absolute Gasteiger partial charge is 0.337 e. The lowest BCUT2D eigenvalue weighted by molar-refractivity contribution is -0.113. The molecule has 0 unspecified atom stereocenters. The van der Waals surface area contributed by atoms with Crippen LogP contribution in [0.25, 0.3) is 23.1 Å². The summed E-state index contributed by atoms with van der Waals surface area (Å²) >= 11 is 2.28. The first-order chi connectivity index (χ1) is 17.4. The van der Waals surface area contributed by atoms with Gasteiger partial charge in [0.15, 0.2) is 0 Å². The number of carbonyl (C=O) groups is 2. The standard InChI is InChI=1S/C30H22INO4/c1-19-16-24(31)12-14-26(19)32-27(20-6-4-3-5-7-20)18-23(29(32)33)17-25-13-15-28(36-25)21-8-10-22(11-9-21)30(34)35-2/h3-18H,1-2H3/b23-17+. The minimum atomic E-state index is -0.389. The first-order valence-corrected chi connectivity index (χ1v) is 12.4. The van der Waals surface area contributed by atoms with Crippen molar-refractivity contribution in [3.05, 3.63) is 123 Å². The third kappa shape index (κ3) is 4.64. The molecule has 5 rings (SSSR count). The van der Waals surface area contributed by atoms with Gasteiger partial charge in [0.05, 0.1) is 24.1 Å². The molecule has 1 amide bonds. The number of esters is 1. The van der Waals surface area contributed by atoms with Gasteiger partial charge in [-0.3, -0.25) is 9.69 Å². The van der Waals surface area contributed by atoms with Gasteiger partial charge in [-0.1, -0.05) is 42.5 Å². The van der Waals surface area contributed by atoms with Crippen molar-refractivity contribution < 1.29 is 18.7 Å². The van der Waals surface area contributed by atoms with Crippen molar-refractivity contribution in [3.63, 3.8) is 0 Å². The van der Waals surface area contributed by atoms with E-state index in [0.29, 0.717) is 22.7 Å². The van der Waals surface area contributed by atoms with Crippen LogP contribution in [0.5, 0.6) is 0 Å². The highest BCUT2D eigenvalue weighted by Crippen LogP contribution is 2.37. The van der Waals surface area contributed by atoms with Gasteiger partial charge in [-0.05, 0) is 95.3 Å². The zero-order valence-corrected chi connectivity index (χ0v) is 21.9. The van der Waals surface area contributed by atoms with E-state index in [1.165, 1.54) is 7.11 Å². The molecule has 0 radical (unpaired) electrons. The second kappa shape index (κ2) is 9.99. The van der Waals surface area contributed by atoms with Gasteiger partial charge in [0, 0.05) is 14.7 Å². The molecule has 1 aliphatic heterocycles. The van der Waals surface area contributed by atoms with Crippen LogP contribution >= 0.6 is 22.6 Å². The summed E-state index contributed by atoms with van der Waals surface area (Å²) in [6, 6.07) is 26.6. The van der Waals surface area contributed by atoms with Crippen molar-refractivity contribution >= 4 is 51.9 Å². The van der Waals surface area contributed by atoms with Crippen molar-refractivity contribution in [2.45, 2.75) is 6.92 Å². The molecule has 36 heavy (non-hydrogen) atoms. The number of hydrogen-bond acceptors (Lipinski definition) is 4. The van der Waals surface area contributed by atoms with Crippen molar-refractivity contribution in [3.8, 4) is 11.3 Å². The Hall–Kier alpha value is -3.91. The summed E-state index contributed by atoms with van der Waals surface area (Å²) in [4.78, 5) is 27.1. The normalized spacial score (nSPS) is 14.3. The number of carbonyl (C=O) groups excluding carboxylic acids is 2. The zero-order chi connectivity index (χ0) is 25.2. The fraction of sp³-hybridized carbons (Fsp3) is 0.0667. The molecule has 0 fully saturated rings. The van der Waals surface area contributed by atoms with Crippen LogP contribution in [0.15, 0.2) is 101 Å². The summed E-state index contributed by atoms with van der Waals surface area (Å²) in [6.07, 6.45) is 3.67. The fourth-order valence-electron chi connectivity index (χ4n) is 4.17. The minimum Gasteiger partial charge on any atom is -0.465 e. The molecule has 2 heterocycles. The minimum absolute atomic E-state index is 0.112. The third-order valence-corrected chi connectivity index (χ3v) is 6.64. The SMILES string of the molecule is COC(=O)c1ccc(-c2ccc(/C=C3\C=C(c4ccccc4)N(c4ccc(I)cc4C)C3=O)o2)cc1. The molecule has 0 saturated heterocycles. The average molecular weight is 587 g/mol. The van der Waals surface area contributed by atoms with E-state index in [4.69, 9.17) is 9.15 Å². The van der Waals surface area contributed by atoms with Gasteiger partial charge < -0.3 is 9.15 Å². The van der Waals surface area contributed by atoms with Crippen LogP contribution in [-0.2, 0) is 9.53 Å². The van der Waals surface area contributed by atoms with Crippen molar-refractivity contribution in [1.82, 2.24) is 0 Å². The number of nitrogens with zero attached hydrogens (tertiary/aromatic N) is 1. The fourth-order valence-corrected chi connectivity index (χ4v) is 4.82. The van der Waals surface area contributed by atoms with Crippen molar-refractivity contribution in [2.75, 3.05) is 12.0 Å². The number of aryl methyl sites for hydroxylation is 1. The van der Waals surface area contributed by atoms with E-state index in [0.717, 1.165) is 31.6 Å². The quantitative estimate of drug-likeness (QED) is 0.142. The molecule has 1 aliphatic rings. The first kappa shape index (κ1) is 23.8. The third-order valence-electron chi connectivity index (χ3n) is 5.97. The van der Waals surface area contributed by atoms with Crippen LogP contribution < -0.4 is 4.90 Å². The summed E-state index contributed by atoms with van der Waals surface area (Å²) in [5.41, 5.74) is 5.48. The van der Waals surface area contributed by atoms with Gasteiger partial charge in [-0.15, -0.1) is 0 Å². The van der Waals surface area contributed by atoms with E-state index in [1.807, 2.05) is 67.6 Å². The lowest BCUT2D eigenvalue weighted by Gasteiger charge is -2.23. The molecule has 0 aliphatic carbocycles. The van der Waals surface area contributed by atoms with Crippen LogP contribution in [0.2, 0.25) is 0 Å². The number of halogens is 1. The van der Waals surface area contributed by atoms with E-state index < -0.39 is 0 Å². The van der Waals surface area contributed by atoms with Gasteiger partial charge in [0.1, 0.15) is 11.5 Å². The van der Waals surface area contributed by atoms with E-state index in [-0.39, 0.29) is 11.9 Å². The molecule has 1 aromatic heterocycles. The average Bonchev–Trinajstić information content (AvgIpc) is 3.49. The van der Waals surface area contributed by atoms with E-state index in [2.05, 4.69) is 28.7 Å². The number of ether oxygens (including phenoxy) is 1. The van der Waals surface area contributed by atoms with Crippen LogP contribution in [0.4, 0.5) is 5.69 Å². The largest absolute Gasteiger partial charge is 0.465 e. The molecule has 6 heteroatoms. The van der Waals surface area contributed by atoms with Gasteiger partial charge in [0.2, 0.25) is 0 Å². The maximum absolute atomic E-state index is 13.7. The number of amides is 1.